The van der Waals surface area contributed by atoms with E-state index in [1.54, 1.807) is 18.8 Å². The number of nitrogens with zero attached hydrogens (tertiary/aromatic N) is 4. The fourth-order valence-electron chi connectivity index (χ4n) is 0.924. The monoisotopic (exact) mass is 248 g/mol. The van der Waals surface area contributed by atoms with Gasteiger partial charge in [0, 0.05) is 19.9 Å². The first-order chi connectivity index (χ1) is 7.74. The molecule has 1 unspecified atom stereocenters. The average molecular weight is 248 g/mol. The van der Waals surface area contributed by atoms with Crippen molar-refractivity contribution in [3.8, 4) is 0 Å². The van der Waals surface area contributed by atoms with Gasteiger partial charge in [-0.2, -0.15) is 0 Å². The van der Waals surface area contributed by atoms with Crippen LogP contribution in [0.25, 0.3) is 0 Å². The quantitative estimate of drug-likeness (QED) is 0.482. The molecule has 0 aliphatic carbocycles. The molecule has 0 radical (unpaired) electrons. The van der Waals surface area contributed by atoms with Crippen LogP contribution in [0, 0.1) is 0 Å². The van der Waals surface area contributed by atoms with E-state index in [0.717, 1.165) is 0 Å². The molecule has 0 aliphatic rings. The number of aryl methyl sites for hydroxylation is 1. The second-order valence-electron chi connectivity index (χ2n) is 3.12. The van der Waals surface area contributed by atoms with Crippen LogP contribution in [0.15, 0.2) is 5.16 Å². The van der Waals surface area contributed by atoms with Crippen LogP contribution in [0.3, 0.4) is 0 Å². The van der Waals surface area contributed by atoms with Crippen molar-refractivity contribution in [2.75, 3.05) is 32.7 Å². The molecule has 0 spiro atoms. The molecule has 92 valence electrons. The Balaban J connectivity index is 2.10. The van der Waals surface area contributed by atoms with Crippen LogP contribution in [-0.2, 0) is 16.5 Å². The Morgan fingerprint density at radius 2 is 2.31 bits per heavy atom. The summed E-state index contributed by atoms with van der Waals surface area (Å²) in [5.74, 6) is 0.501. The van der Waals surface area contributed by atoms with Gasteiger partial charge in [0.1, 0.15) is 0 Å². The fraction of sp³-hybridized carbons (Fsp3) is 0.875. The van der Waals surface area contributed by atoms with Gasteiger partial charge in [-0.15, -0.1) is 5.10 Å². The predicted octanol–water partition coefficient (Wildman–Crippen LogP) is -0.674. The fourth-order valence-corrected chi connectivity index (χ4v) is 1.68. The summed E-state index contributed by atoms with van der Waals surface area (Å²) < 4.78 is 11.6. The van der Waals surface area contributed by atoms with Gasteiger partial charge in [-0.05, 0) is 10.4 Å². The van der Waals surface area contributed by atoms with Crippen molar-refractivity contribution < 1.29 is 14.6 Å². The van der Waals surface area contributed by atoms with Gasteiger partial charge in [0.25, 0.3) is 0 Å². The summed E-state index contributed by atoms with van der Waals surface area (Å²) in [6.45, 7) is 1.32. The zero-order chi connectivity index (χ0) is 11.8. The lowest BCUT2D eigenvalue weighted by molar-refractivity contribution is 0.0218. The molecule has 8 heteroatoms. The number of aliphatic hydroxyl groups excluding tert-OH is 1. The number of methoxy groups -OCH3 is 1. The van der Waals surface area contributed by atoms with Crippen molar-refractivity contribution in [2.45, 2.75) is 11.3 Å². The number of aliphatic hydroxyl groups is 1. The van der Waals surface area contributed by atoms with Crippen molar-refractivity contribution in [3.63, 3.8) is 0 Å². The maximum Gasteiger partial charge on any atom is 0.209 e. The molecular formula is C8H16N4O3S. The lowest BCUT2D eigenvalue weighted by atomic mass is 10.4. The third-order valence-electron chi connectivity index (χ3n) is 1.73. The largest absolute Gasteiger partial charge is 0.390 e. The van der Waals surface area contributed by atoms with Crippen molar-refractivity contribution in [2.24, 2.45) is 7.05 Å². The van der Waals surface area contributed by atoms with Crippen LogP contribution in [0.5, 0.6) is 0 Å². The van der Waals surface area contributed by atoms with Crippen LogP contribution in [-0.4, -0.2) is 64.1 Å². The highest BCUT2D eigenvalue weighted by Crippen LogP contribution is 2.13. The molecule has 16 heavy (non-hydrogen) atoms. The number of aromatic nitrogens is 4. The minimum absolute atomic E-state index is 0.293. The molecule has 7 nitrogen and oxygen atoms in total. The average Bonchev–Trinajstić information content (AvgIpc) is 2.67. The van der Waals surface area contributed by atoms with E-state index in [2.05, 4.69) is 15.5 Å². The van der Waals surface area contributed by atoms with E-state index in [1.165, 1.54) is 11.8 Å². The zero-order valence-electron chi connectivity index (χ0n) is 9.37. The second-order valence-corrected chi connectivity index (χ2v) is 4.10. The lowest BCUT2D eigenvalue weighted by Gasteiger charge is -2.09. The Kier molecular flexibility index (Phi) is 6.31. The van der Waals surface area contributed by atoms with Crippen molar-refractivity contribution in [3.05, 3.63) is 0 Å². The van der Waals surface area contributed by atoms with E-state index in [1.807, 2.05) is 0 Å². The second kappa shape index (κ2) is 7.55. The van der Waals surface area contributed by atoms with E-state index in [-0.39, 0.29) is 0 Å². The van der Waals surface area contributed by atoms with Gasteiger partial charge in [-0.1, -0.05) is 11.8 Å². The molecule has 0 amide bonds. The topological polar surface area (TPSA) is 82.3 Å². The molecule has 1 aromatic heterocycles. The summed E-state index contributed by atoms with van der Waals surface area (Å²) in [5, 5.41) is 21.2. The standard InChI is InChI=1S/C8H16N4O3S/c1-12-8(9-10-11-12)16-6-7(13)5-15-4-3-14-2/h7,13H,3-6H2,1-2H3. The Hall–Kier alpha value is -0.700. The van der Waals surface area contributed by atoms with Gasteiger partial charge >= 0.3 is 0 Å². The number of thioether (sulfide) groups is 1. The predicted molar refractivity (Wildman–Crippen MR) is 58.2 cm³/mol. The van der Waals surface area contributed by atoms with E-state index < -0.39 is 6.10 Å². The molecule has 0 saturated carbocycles. The van der Waals surface area contributed by atoms with Gasteiger partial charge in [-0.3, -0.25) is 0 Å². The smallest absolute Gasteiger partial charge is 0.209 e. The van der Waals surface area contributed by atoms with E-state index in [4.69, 9.17) is 9.47 Å². The van der Waals surface area contributed by atoms with Gasteiger partial charge in [0.2, 0.25) is 5.16 Å². The lowest BCUT2D eigenvalue weighted by Crippen LogP contribution is -2.19. The Bertz CT molecular complexity index is 297. The normalized spacial score (nSPS) is 12.9. The summed E-state index contributed by atoms with van der Waals surface area (Å²) in [4.78, 5) is 0. The van der Waals surface area contributed by atoms with Gasteiger partial charge in [0.15, 0.2) is 0 Å². The third kappa shape index (κ3) is 4.88. The van der Waals surface area contributed by atoms with Crippen LogP contribution < -0.4 is 0 Å². The summed E-state index contributed by atoms with van der Waals surface area (Å²) in [6.07, 6.45) is -0.529. The Morgan fingerprint density at radius 1 is 1.50 bits per heavy atom. The highest BCUT2D eigenvalue weighted by molar-refractivity contribution is 7.99. The highest BCUT2D eigenvalue weighted by atomic mass is 32.2. The first-order valence-corrected chi connectivity index (χ1v) is 5.82. The van der Waals surface area contributed by atoms with E-state index in [0.29, 0.717) is 30.7 Å². The Morgan fingerprint density at radius 3 is 2.94 bits per heavy atom. The molecule has 0 bridgehead atoms. The maximum atomic E-state index is 9.57. The molecule has 0 saturated heterocycles. The van der Waals surface area contributed by atoms with Gasteiger partial charge < -0.3 is 14.6 Å². The van der Waals surface area contributed by atoms with E-state index in [9.17, 15) is 5.11 Å². The molecule has 1 rings (SSSR count). The summed E-state index contributed by atoms with van der Waals surface area (Å²) in [5.41, 5.74) is 0. The number of rotatable bonds is 8. The van der Waals surface area contributed by atoms with Crippen LogP contribution >= 0.6 is 11.8 Å². The van der Waals surface area contributed by atoms with Crippen LogP contribution in [0.2, 0.25) is 0 Å². The minimum Gasteiger partial charge on any atom is -0.390 e. The zero-order valence-corrected chi connectivity index (χ0v) is 10.2. The Labute approximate surface area is 98.1 Å². The maximum absolute atomic E-state index is 9.57. The first kappa shape index (κ1) is 13.4. The number of hydrogen-bond acceptors (Lipinski definition) is 7. The molecule has 0 fully saturated rings. The minimum atomic E-state index is -0.529. The van der Waals surface area contributed by atoms with Crippen LogP contribution in [0.1, 0.15) is 0 Å². The SMILES string of the molecule is COCCOCC(O)CSc1nnnn1C. The third-order valence-corrected chi connectivity index (χ3v) is 2.88. The van der Waals surface area contributed by atoms with Gasteiger partial charge in [0.05, 0.1) is 25.9 Å². The van der Waals surface area contributed by atoms with Crippen LogP contribution in [0.4, 0.5) is 0 Å². The molecular weight excluding hydrogens is 232 g/mol. The first-order valence-electron chi connectivity index (χ1n) is 4.84. The summed E-state index contributed by atoms with van der Waals surface area (Å²) in [6, 6.07) is 0. The summed E-state index contributed by atoms with van der Waals surface area (Å²) in [7, 11) is 3.36. The highest BCUT2D eigenvalue weighted by Gasteiger charge is 2.08. The molecule has 0 aromatic carbocycles. The van der Waals surface area contributed by atoms with Crippen molar-refractivity contribution in [1.29, 1.82) is 0 Å². The molecule has 1 atom stereocenters. The number of tetrazole rings is 1. The number of hydrogen-bond donors (Lipinski definition) is 1. The molecule has 1 aromatic rings. The molecule has 0 aliphatic heterocycles. The molecule has 1 N–H and O–H groups in total. The van der Waals surface area contributed by atoms with Crippen molar-refractivity contribution in [1.82, 2.24) is 20.2 Å². The number of ether oxygens (including phenoxy) is 2. The van der Waals surface area contributed by atoms with Crippen molar-refractivity contribution >= 4 is 11.8 Å². The molecule has 1 heterocycles. The van der Waals surface area contributed by atoms with Gasteiger partial charge in [-0.25, -0.2) is 4.68 Å². The van der Waals surface area contributed by atoms with E-state index >= 15 is 0 Å². The summed E-state index contributed by atoms with van der Waals surface area (Å²) >= 11 is 1.39.